The number of rotatable bonds is 3. The van der Waals surface area contributed by atoms with Gasteiger partial charge in [-0.2, -0.15) is 5.10 Å². The number of benzene rings is 1. The van der Waals surface area contributed by atoms with Crippen LogP contribution in [0.2, 0.25) is 0 Å². The summed E-state index contributed by atoms with van der Waals surface area (Å²) in [6, 6.07) is 9.87. The first-order chi connectivity index (χ1) is 9.84. The van der Waals surface area contributed by atoms with Crippen molar-refractivity contribution in [2.45, 2.75) is 38.1 Å². The molecule has 2 aromatic rings. The van der Waals surface area contributed by atoms with Gasteiger partial charge in [-0.25, -0.2) is 9.42 Å². The Balaban J connectivity index is 1.90. The predicted octanol–water partition coefficient (Wildman–Crippen LogP) is 3.13. The maximum absolute atomic E-state index is 12.3. The summed E-state index contributed by atoms with van der Waals surface area (Å²) in [6.45, 7) is 0. The van der Waals surface area contributed by atoms with Gasteiger partial charge in [0.05, 0.1) is 11.3 Å². The van der Waals surface area contributed by atoms with Crippen LogP contribution in [0.4, 0.5) is 0 Å². The van der Waals surface area contributed by atoms with Crippen molar-refractivity contribution in [3.8, 4) is 5.69 Å². The zero-order valence-electron chi connectivity index (χ0n) is 11.5. The lowest BCUT2D eigenvalue weighted by Gasteiger charge is -2.21. The van der Waals surface area contributed by atoms with E-state index in [9.17, 15) is 5.21 Å². The number of hydrogen-bond acceptors (Lipinski definition) is 2. The van der Waals surface area contributed by atoms with Crippen molar-refractivity contribution < 1.29 is 4.74 Å². The fourth-order valence-electron chi connectivity index (χ4n) is 2.79. The largest absolute Gasteiger partial charge is 0.624 e. The van der Waals surface area contributed by atoms with E-state index in [0.717, 1.165) is 41.7 Å². The molecule has 1 saturated carbocycles. The Kier molecular flexibility index (Phi) is 3.81. The number of hydrogen-bond donors (Lipinski definition) is 0. The Morgan fingerprint density at radius 1 is 1.15 bits per heavy atom. The number of hydroxylamine groups is 1. The van der Waals surface area contributed by atoms with Crippen molar-refractivity contribution in [2.75, 3.05) is 0 Å². The highest BCUT2D eigenvalue weighted by molar-refractivity contribution is 5.81. The van der Waals surface area contributed by atoms with Gasteiger partial charge in [0.1, 0.15) is 0 Å². The molecule has 0 spiro atoms. The normalized spacial score (nSPS) is 17.3. The average Bonchev–Trinajstić information content (AvgIpc) is 3.03. The fraction of sp³-hybridized carbons (Fsp3) is 0.375. The lowest BCUT2D eigenvalue weighted by molar-refractivity contribution is -0.500. The smallest absolute Gasteiger partial charge is 0.184 e. The van der Waals surface area contributed by atoms with Gasteiger partial charge in [-0.05, 0) is 31.0 Å². The van der Waals surface area contributed by atoms with Gasteiger partial charge in [-0.3, -0.25) is 0 Å². The van der Waals surface area contributed by atoms with Crippen LogP contribution in [0.15, 0.2) is 42.7 Å². The van der Waals surface area contributed by atoms with Crippen molar-refractivity contribution in [2.24, 2.45) is 0 Å². The Labute approximate surface area is 118 Å². The van der Waals surface area contributed by atoms with Crippen LogP contribution in [0.25, 0.3) is 5.69 Å². The third-order valence-electron chi connectivity index (χ3n) is 3.89. The van der Waals surface area contributed by atoms with Crippen LogP contribution >= 0.6 is 0 Å². The first kappa shape index (κ1) is 12.9. The lowest BCUT2D eigenvalue weighted by Crippen LogP contribution is -2.25. The predicted molar refractivity (Wildman–Crippen MR) is 79.2 cm³/mol. The van der Waals surface area contributed by atoms with Crippen LogP contribution in [0.1, 0.15) is 37.7 Å². The third kappa shape index (κ3) is 2.74. The molecule has 0 aliphatic heterocycles. The molecule has 4 nitrogen and oxygen atoms in total. The number of aromatic nitrogens is 2. The molecule has 20 heavy (non-hydrogen) atoms. The summed E-state index contributed by atoms with van der Waals surface area (Å²) in [6.07, 6.45) is 10.9. The van der Waals surface area contributed by atoms with Gasteiger partial charge in [-0.15, -0.1) is 0 Å². The Morgan fingerprint density at radius 3 is 2.70 bits per heavy atom. The van der Waals surface area contributed by atoms with E-state index in [2.05, 4.69) is 5.10 Å². The van der Waals surface area contributed by atoms with Crippen LogP contribution in [-0.4, -0.2) is 26.8 Å². The molecule has 1 heterocycles. The molecule has 1 aromatic carbocycles. The summed E-state index contributed by atoms with van der Waals surface area (Å²) >= 11 is 0. The van der Waals surface area contributed by atoms with Crippen molar-refractivity contribution in [3.63, 3.8) is 0 Å². The van der Waals surface area contributed by atoms with Gasteiger partial charge in [0.15, 0.2) is 12.3 Å². The Hall–Kier alpha value is -2.10. The first-order valence-electron chi connectivity index (χ1n) is 7.24. The molecule has 0 saturated heterocycles. The van der Waals surface area contributed by atoms with E-state index in [0.29, 0.717) is 0 Å². The fourth-order valence-corrected chi connectivity index (χ4v) is 2.79. The molecule has 0 radical (unpaired) electrons. The molecule has 1 fully saturated rings. The standard InChI is InChI=1S/C16H19N3O/c20-19(15-8-2-1-3-9-15)13-14-7-4-5-10-16(14)18-12-6-11-17-18/h4-7,10-13,15H,1-3,8-9H2/b19-13-. The van der Waals surface area contributed by atoms with E-state index in [4.69, 9.17) is 0 Å². The van der Waals surface area contributed by atoms with E-state index in [-0.39, 0.29) is 6.04 Å². The molecular weight excluding hydrogens is 250 g/mol. The van der Waals surface area contributed by atoms with E-state index in [1.165, 1.54) is 6.42 Å². The molecule has 4 heteroatoms. The van der Waals surface area contributed by atoms with Gasteiger partial charge in [0.2, 0.25) is 0 Å². The van der Waals surface area contributed by atoms with E-state index in [1.54, 1.807) is 17.1 Å². The highest BCUT2D eigenvalue weighted by Crippen LogP contribution is 2.20. The summed E-state index contributed by atoms with van der Waals surface area (Å²) < 4.78 is 2.93. The summed E-state index contributed by atoms with van der Waals surface area (Å²) in [5, 5.41) is 16.6. The molecule has 0 N–H and O–H groups in total. The second-order valence-corrected chi connectivity index (χ2v) is 5.29. The minimum Gasteiger partial charge on any atom is -0.624 e. The second kappa shape index (κ2) is 5.90. The maximum Gasteiger partial charge on any atom is 0.184 e. The van der Waals surface area contributed by atoms with Gasteiger partial charge in [-0.1, -0.05) is 18.6 Å². The average molecular weight is 269 g/mol. The summed E-state index contributed by atoms with van der Waals surface area (Å²) in [4.78, 5) is 0. The van der Waals surface area contributed by atoms with E-state index < -0.39 is 0 Å². The zero-order chi connectivity index (χ0) is 13.8. The summed E-state index contributed by atoms with van der Waals surface area (Å²) in [5.74, 6) is 0. The van der Waals surface area contributed by atoms with Crippen molar-refractivity contribution in [3.05, 3.63) is 53.5 Å². The maximum atomic E-state index is 12.3. The van der Waals surface area contributed by atoms with Gasteiger partial charge in [0.25, 0.3) is 0 Å². The summed E-state index contributed by atoms with van der Waals surface area (Å²) in [5.41, 5.74) is 1.85. The Bertz CT molecular complexity index is 584. The monoisotopic (exact) mass is 269 g/mol. The first-order valence-corrected chi connectivity index (χ1v) is 7.24. The molecule has 0 unspecified atom stereocenters. The molecule has 0 bridgehead atoms. The molecule has 0 amide bonds. The van der Waals surface area contributed by atoms with E-state index >= 15 is 0 Å². The van der Waals surface area contributed by atoms with Gasteiger partial charge in [0, 0.05) is 25.2 Å². The highest BCUT2D eigenvalue weighted by atomic mass is 16.5. The van der Waals surface area contributed by atoms with Crippen molar-refractivity contribution in [1.29, 1.82) is 0 Å². The molecule has 104 valence electrons. The van der Waals surface area contributed by atoms with Crippen LogP contribution in [0.5, 0.6) is 0 Å². The lowest BCUT2D eigenvalue weighted by atomic mass is 9.96. The SMILES string of the molecule is [O-]/[N+](=C\c1ccccc1-n1cccn1)C1CCCCC1. The van der Waals surface area contributed by atoms with E-state index in [1.807, 2.05) is 36.5 Å². The number of nitrogens with zero attached hydrogens (tertiary/aromatic N) is 3. The minimum absolute atomic E-state index is 0.134. The second-order valence-electron chi connectivity index (χ2n) is 5.29. The quantitative estimate of drug-likeness (QED) is 0.372. The molecule has 1 aromatic heterocycles. The van der Waals surface area contributed by atoms with Crippen LogP contribution in [0.3, 0.4) is 0 Å². The third-order valence-corrected chi connectivity index (χ3v) is 3.89. The zero-order valence-corrected chi connectivity index (χ0v) is 11.5. The molecular formula is C16H19N3O. The molecule has 1 aliphatic carbocycles. The molecule has 3 rings (SSSR count). The topological polar surface area (TPSA) is 43.9 Å². The highest BCUT2D eigenvalue weighted by Gasteiger charge is 2.20. The van der Waals surface area contributed by atoms with Gasteiger partial charge >= 0.3 is 0 Å². The summed E-state index contributed by atoms with van der Waals surface area (Å²) in [7, 11) is 0. The molecule has 0 atom stereocenters. The van der Waals surface area contributed by atoms with Crippen molar-refractivity contribution >= 4 is 6.21 Å². The Morgan fingerprint density at radius 2 is 1.95 bits per heavy atom. The minimum atomic E-state index is 0.134. The van der Waals surface area contributed by atoms with Crippen LogP contribution in [-0.2, 0) is 0 Å². The van der Waals surface area contributed by atoms with Gasteiger partial charge < -0.3 is 5.21 Å². The molecule has 1 aliphatic rings. The van der Waals surface area contributed by atoms with Crippen LogP contribution < -0.4 is 0 Å². The number of para-hydroxylation sites is 1. The van der Waals surface area contributed by atoms with Crippen LogP contribution in [0, 0.1) is 5.21 Å². The van der Waals surface area contributed by atoms with Crippen molar-refractivity contribution in [1.82, 2.24) is 9.78 Å².